The van der Waals surface area contributed by atoms with Gasteiger partial charge in [0.15, 0.2) is 5.78 Å². The van der Waals surface area contributed by atoms with E-state index in [2.05, 4.69) is 20.8 Å². The van der Waals surface area contributed by atoms with Crippen molar-refractivity contribution in [3.8, 4) is 0 Å². The summed E-state index contributed by atoms with van der Waals surface area (Å²) in [7, 11) is 0. The van der Waals surface area contributed by atoms with Crippen LogP contribution in [0.1, 0.15) is 72.6 Å². The van der Waals surface area contributed by atoms with Crippen molar-refractivity contribution in [2.24, 2.45) is 34.5 Å². The fraction of sp³-hybridized carbons (Fsp3) is 0.750. The van der Waals surface area contributed by atoms with Gasteiger partial charge in [0.05, 0.1) is 6.61 Å². The first-order chi connectivity index (χ1) is 13.2. The monoisotopic (exact) mass is 388 g/mol. The van der Waals surface area contributed by atoms with E-state index in [9.17, 15) is 14.0 Å². The molecule has 0 aromatic carbocycles. The lowest BCUT2D eigenvalue weighted by Gasteiger charge is -2.59. The van der Waals surface area contributed by atoms with E-state index in [4.69, 9.17) is 4.74 Å². The minimum absolute atomic E-state index is 0.101. The van der Waals surface area contributed by atoms with E-state index in [1.165, 1.54) is 5.57 Å². The number of carbonyl (C=O) groups excluding carboxylic acids is 2. The molecule has 6 atom stereocenters. The van der Waals surface area contributed by atoms with Crippen molar-refractivity contribution in [3.05, 3.63) is 23.0 Å². The predicted octanol–water partition coefficient (Wildman–Crippen LogP) is 5.55. The van der Waals surface area contributed by atoms with Gasteiger partial charge in [-0.05, 0) is 91.6 Å². The molecule has 0 aromatic rings. The van der Waals surface area contributed by atoms with Gasteiger partial charge in [0.2, 0.25) is 5.83 Å². The Balaban J connectivity index is 1.68. The van der Waals surface area contributed by atoms with Crippen LogP contribution in [0.2, 0.25) is 0 Å². The molecule has 3 fully saturated rings. The van der Waals surface area contributed by atoms with E-state index in [-0.39, 0.29) is 23.2 Å². The summed E-state index contributed by atoms with van der Waals surface area (Å²) in [6.45, 7) is 8.72. The van der Waals surface area contributed by atoms with Gasteiger partial charge in [-0.25, -0.2) is 4.79 Å². The summed E-state index contributed by atoms with van der Waals surface area (Å²) >= 11 is 0. The Bertz CT molecular complexity index is 766. The molecule has 4 heteroatoms. The van der Waals surface area contributed by atoms with Gasteiger partial charge in [-0.3, -0.25) is 4.79 Å². The molecule has 4 aliphatic carbocycles. The van der Waals surface area contributed by atoms with Crippen molar-refractivity contribution >= 4 is 11.8 Å². The van der Waals surface area contributed by atoms with Gasteiger partial charge in [0.1, 0.15) is 0 Å². The number of ketones is 1. The van der Waals surface area contributed by atoms with Gasteiger partial charge >= 0.3 is 5.97 Å². The number of halogens is 1. The molecule has 0 N–H and O–H groups in total. The number of allylic oxidation sites excluding steroid dienone is 2. The zero-order valence-corrected chi connectivity index (χ0v) is 17.6. The molecule has 1 unspecified atom stereocenters. The molecule has 0 amide bonds. The Morgan fingerprint density at radius 2 is 1.89 bits per heavy atom. The summed E-state index contributed by atoms with van der Waals surface area (Å²) < 4.78 is 19.9. The Kier molecular flexibility index (Phi) is 4.83. The van der Waals surface area contributed by atoms with Crippen molar-refractivity contribution in [1.29, 1.82) is 0 Å². The molecule has 0 aromatic heterocycles. The van der Waals surface area contributed by atoms with E-state index >= 15 is 0 Å². The third kappa shape index (κ3) is 2.74. The predicted molar refractivity (Wildman–Crippen MR) is 106 cm³/mol. The lowest BCUT2D eigenvalue weighted by molar-refractivity contribution is -0.140. The quantitative estimate of drug-likeness (QED) is 0.460. The third-order valence-corrected chi connectivity index (χ3v) is 8.78. The summed E-state index contributed by atoms with van der Waals surface area (Å²) in [6.07, 6.45) is 8.22. The van der Waals surface area contributed by atoms with Gasteiger partial charge in [-0.15, -0.1) is 0 Å². The van der Waals surface area contributed by atoms with Crippen molar-refractivity contribution in [2.45, 2.75) is 72.6 Å². The third-order valence-electron chi connectivity index (χ3n) is 8.78. The zero-order valence-electron chi connectivity index (χ0n) is 17.6. The van der Waals surface area contributed by atoms with Gasteiger partial charge in [-0.2, -0.15) is 4.39 Å². The van der Waals surface area contributed by atoms with Crippen LogP contribution in [0.4, 0.5) is 4.39 Å². The highest BCUT2D eigenvalue weighted by atomic mass is 19.1. The largest absolute Gasteiger partial charge is 0.461 e. The van der Waals surface area contributed by atoms with Crippen molar-refractivity contribution in [3.63, 3.8) is 0 Å². The fourth-order valence-corrected chi connectivity index (χ4v) is 7.48. The first-order valence-electron chi connectivity index (χ1n) is 11.0. The minimum Gasteiger partial charge on any atom is -0.461 e. The Hall–Kier alpha value is -1.45. The summed E-state index contributed by atoms with van der Waals surface area (Å²) in [5.74, 6) is 0.773. The number of esters is 1. The summed E-state index contributed by atoms with van der Waals surface area (Å²) in [4.78, 5) is 24.1. The summed E-state index contributed by atoms with van der Waals surface area (Å²) in [6, 6.07) is 0. The average Bonchev–Trinajstić information content (AvgIpc) is 3.00. The van der Waals surface area contributed by atoms with E-state index in [0.717, 1.165) is 32.1 Å². The van der Waals surface area contributed by atoms with Crippen LogP contribution in [0.5, 0.6) is 0 Å². The van der Waals surface area contributed by atoms with E-state index in [1.807, 2.05) is 6.08 Å². The molecule has 4 aliphatic rings. The Labute approximate surface area is 167 Å². The number of rotatable bonds is 2. The van der Waals surface area contributed by atoms with Crippen LogP contribution >= 0.6 is 0 Å². The van der Waals surface area contributed by atoms with Crippen LogP contribution in [0.3, 0.4) is 0 Å². The number of ether oxygens (including phenoxy) is 1. The Morgan fingerprint density at radius 3 is 2.61 bits per heavy atom. The molecule has 154 valence electrons. The highest BCUT2D eigenvalue weighted by molar-refractivity contribution is 5.91. The number of hydrogen-bond donors (Lipinski definition) is 0. The van der Waals surface area contributed by atoms with Gasteiger partial charge < -0.3 is 4.74 Å². The van der Waals surface area contributed by atoms with Crippen LogP contribution in [0.15, 0.2) is 23.0 Å². The maximum absolute atomic E-state index is 15.0. The number of hydrogen-bond acceptors (Lipinski definition) is 3. The fourth-order valence-electron chi connectivity index (χ4n) is 7.48. The van der Waals surface area contributed by atoms with E-state index in [1.54, 1.807) is 6.92 Å². The Morgan fingerprint density at radius 1 is 1.18 bits per heavy atom. The molecule has 4 rings (SSSR count). The number of fused-ring (bicyclic) bond motifs is 5. The first-order valence-corrected chi connectivity index (χ1v) is 11.0. The molecular formula is C24H33FO3. The van der Waals surface area contributed by atoms with E-state index in [0.29, 0.717) is 42.1 Å². The molecule has 0 saturated heterocycles. The molecule has 0 spiro atoms. The van der Waals surface area contributed by atoms with Crippen LogP contribution in [-0.2, 0) is 14.3 Å². The van der Waals surface area contributed by atoms with Gasteiger partial charge in [0.25, 0.3) is 0 Å². The van der Waals surface area contributed by atoms with Gasteiger partial charge in [0, 0.05) is 6.42 Å². The topological polar surface area (TPSA) is 43.4 Å². The highest BCUT2D eigenvalue weighted by Crippen LogP contribution is 2.67. The number of carbonyl (C=O) groups is 2. The molecule has 3 saturated carbocycles. The van der Waals surface area contributed by atoms with Crippen molar-refractivity contribution < 1.29 is 18.7 Å². The first kappa shape index (κ1) is 19.8. The average molecular weight is 389 g/mol. The summed E-state index contributed by atoms with van der Waals surface area (Å²) in [5, 5.41) is 0. The molecule has 3 nitrogen and oxygen atoms in total. The highest BCUT2D eigenvalue weighted by Gasteiger charge is 2.59. The second kappa shape index (κ2) is 6.81. The lowest BCUT2D eigenvalue weighted by atomic mass is 9.45. The van der Waals surface area contributed by atoms with Crippen LogP contribution < -0.4 is 0 Å². The summed E-state index contributed by atoms with van der Waals surface area (Å²) in [5.41, 5.74) is 1.93. The lowest BCUT2D eigenvalue weighted by Crippen LogP contribution is -2.51. The molecule has 28 heavy (non-hydrogen) atoms. The standard InChI is InChI=1S/C24H33FO3/c1-5-28-22(27)21(25)19-7-6-17-16-12-14(2)20-13-15(26)8-10-24(20,4)18(16)9-11-23(17,19)3/h13-14,16-18H,5-12H2,1-4H3/t14?,16-,17-,18-,23-,24+/m0/s1. The SMILES string of the molecule is CCOC(=O)C(F)=C1CC[C@H]2[C@@H]3CC(C)C4=CC(=O)CC[C@]4(C)[C@H]3CC[C@]12C. The molecule has 0 heterocycles. The molecule has 0 aliphatic heterocycles. The zero-order chi connectivity index (χ0) is 20.3. The van der Waals surface area contributed by atoms with Crippen molar-refractivity contribution in [1.82, 2.24) is 0 Å². The minimum atomic E-state index is -0.790. The van der Waals surface area contributed by atoms with Gasteiger partial charge in [-0.1, -0.05) is 26.3 Å². The smallest absolute Gasteiger partial charge is 0.367 e. The second-order valence-corrected chi connectivity index (χ2v) is 10.0. The maximum atomic E-state index is 15.0. The normalized spacial score (nSPS) is 44.2. The molecule has 0 radical (unpaired) electrons. The van der Waals surface area contributed by atoms with Crippen LogP contribution in [0.25, 0.3) is 0 Å². The molecular weight excluding hydrogens is 355 g/mol. The van der Waals surface area contributed by atoms with Crippen LogP contribution in [-0.4, -0.2) is 18.4 Å². The maximum Gasteiger partial charge on any atom is 0.367 e. The second-order valence-electron chi connectivity index (χ2n) is 10.0. The van der Waals surface area contributed by atoms with E-state index < -0.39 is 11.8 Å². The molecule has 0 bridgehead atoms. The van der Waals surface area contributed by atoms with Crippen LogP contribution in [0, 0.1) is 34.5 Å². The van der Waals surface area contributed by atoms with Crippen molar-refractivity contribution in [2.75, 3.05) is 6.61 Å².